The van der Waals surface area contributed by atoms with E-state index in [-0.39, 0.29) is 5.78 Å². The molecule has 0 aromatic heterocycles. The van der Waals surface area contributed by atoms with Gasteiger partial charge in [-0.05, 0) is 28.8 Å². The van der Waals surface area contributed by atoms with Gasteiger partial charge in [-0.3, -0.25) is 4.79 Å². The number of ketones is 1. The molecular formula is C22H15F3O. The molecule has 0 spiro atoms. The third-order valence-electron chi connectivity index (χ3n) is 4.09. The second kappa shape index (κ2) is 7.00. The first-order chi connectivity index (χ1) is 12.4. The first kappa shape index (κ1) is 17.7. The predicted molar refractivity (Wildman–Crippen MR) is 95.9 cm³/mol. The molecule has 0 saturated carbocycles. The Labute approximate surface area is 149 Å². The lowest BCUT2D eigenvalue weighted by atomic mass is 9.96. The number of carbonyl (C=O) groups is 1. The van der Waals surface area contributed by atoms with Crippen molar-refractivity contribution in [3.05, 3.63) is 113 Å². The smallest absolute Gasteiger partial charge is 0.289 e. The molecule has 4 heteroatoms. The lowest BCUT2D eigenvalue weighted by Gasteiger charge is -2.10. The largest absolute Gasteiger partial charge is 0.416 e. The Morgan fingerprint density at radius 1 is 0.654 bits per heavy atom. The van der Waals surface area contributed by atoms with Crippen LogP contribution in [0.5, 0.6) is 0 Å². The van der Waals surface area contributed by atoms with Gasteiger partial charge >= 0.3 is 6.18 Å². The number of rotatable bonds is 4. The molecule has 130 valence electrons. The molecule has 3 rings (SSSR count). The van der Waals surface area contributed by atoms with Gasteiger partial charge in [-0.15, -0.1) is 0 Å². The molecule has 0 amide bonds. The SMILES string of the molecule is C=C(c1ccc(C(=O)c2ccccc2)cc1)c1ccc(C(F)(F)F)cc1. The third kappa shape index (κ3) is 3.75. The summed E-state index contributed by atoms with van der Waals surface area (Å²) in [4.78, 5) is 12.4. The van der Waals surface area contributed by atoms with E-state index < -0.39 is 11.7 Å². The van der Waals surface area contributed by atoms with E-state index in [2.05, 4.69) is 6.58 Å². The third-order valence-corrected chi connectivity index (χ3v) is 4.09. The zero-order chi connectivity index (χ0) is 18.7. The Balaban J connectivity index is 1.80. The van der Waals surface area contributed by atoms with Crippen LogP contribution in [-0.2, 0) is 6.18 Å². The molecule has 0 fully saturated rings. The molecule has 3 aromatic rings. The summed E-state index contributed by atoms with van der Waals surface area (Å²) in [6, 6.07) is 20.7. The zero-order valence-electron chi connectivity index (χ0n) is 13.8. The van der Waals surface area contributed by atoms with Crippen LogP contribution < -0.4 is 0 Å². The van der Waals surface area contributed by atoms with E-state index >= 15 is 0 Å². The van der Waals surface area contributed by atoms with Gasteiger partial charge in [-0.1, -0.05) is 73.3 Å². The molecule has 0 bridgehead atoms. The summed E-state index contributed by atoms with van der Waals surface area (Å²) in [6.07, 6.45) is -4.36. The van der Waals surface area contributed by atoms with Crippen LogP contribution in [0.1, 0.15) is 32.6 Å². The molecule has 0 atom stereocenters. The maximum absolute atomic E-state index is 12.6. The first-order valence-corrected chi connectivity index (χ1v) is 7.93. The summed E-state index contributed by atoms with van der Waals surface area (Å²) in [5.41, 5.74) is 2.38. The van der Waals surface area contributed by atoms with Gasteiger partial charge < -0.3 is 0 Å². The number of halogens is 3. The van der Waals surface area contributed by atoms with Gasteiger partial charge in [0.2, 0.25) is 0 Å². The van der Waals surface area contributed by atoms with E-state index in [0.717, 1.165) is 17.7 Å². The molecule has 1 nitrogen and oxygen atoms in total. The van der Waals surface area contributed by atoms with Crippen molar-refractivity contribution in [2.75, 3.05) is 0 Å². The molecule has 0 unspecified atom stereocenters. The van der Waals surface area contributed by atoms with Crippen molar-refractivity contribution in [3.63, 3.8) is 0 Å². The highest BCUT2D eigenvalue weighted by atomic mass is 19.4. The minimum Gasteiger partial charge on any atom is -0.289 e. The Morgan fingerprint density at radius 2 is 1.08 bits per heavy atom. The molecule has 3 aromatic carbocycles. The molecular weight excluding hydrogens is 337 g/mol. The molecule has 0 radical (unpaired) electrons. The van der Waals surface area contributed by atoms with Crippen molar-refractivity contribution < 1.29 is 18.0 Å². The number of carbonyl (C=O) groups excluding carboxylic acids is 1. The van der Waals surface area contributed by atoms with E-state index in [0.29, 0.717) is 22.3 Å². The molecule has 0 aliphatic carbocycles. The van der Waals surface area contributed by atoms with Crippen LogP contribution in [-0.4, -0.2) is 5.78 Å². The normalized spacial score (nSPS) is 11.2. The molecule has 0 N–H and O–H groups in total. The van der Waals surface area contributed by atoms with Crippen molar-refractivity contribution in [3.8, 4) is 0 Å². The van der Waals surface area contributed by atoms with E-state index in [1.165, 1.54) is 12.1 Å². The fraction of sp³-hybridized carbons (Fsp3) is 0.0455. The minimum atomic E-state index is -4.36. The van der Waals surface area contributed by atoms with Gasteiger partial charge in [0.1, 0.15) is 0 Å². The average Bonchev–Trinajstić information content (AvgIpc) is 2.67. The molecule has 0 aliphatic rings. The highest BCUT2D eigenvalue weighted by Gasteiger charge is 2.30. The topological polar surface area (TPSA) is 17.1 Å². The maximum Gasteiger partial charge on any atom is 0.416 e. The van der Waals surface area contributed by atoms with Gasteiger partial charge in [-0.2, -0.15) is 13.2 Å². The van der Waals surface area contributed by atoms with Crippen molar-refractivity contribution in [1.29, 1.82) is 0 Å². The Hall–Kier alpha value is -3.14. The second-order valence-corrected chi connectivity index (χ2v) is 5.83. The second-order valence-electron chi connectivity index (χ2n) is 5.83. The number of alkyl halides is 3. The van der Waals surface area contributed by atoms with Crippen molar-refractivity contribution in [2.24, 2.45) is 0 Å². The summed E-state index contributed by atoms with van der Waals surface area (Å²) >= 11 is 0. The Kier molecular flexibility index (Phi) is 4.76. The van der Waals surface area contributed by atoms with E-state index in [1.807, 2.05) is 6.07 Å². The number of benzene rings is 3. The van der Waals surface area contributed by atoms with Gasteiger partial charge in [0.15, 0.2) is 5.78 Å². The molecule has 0 aliphatic heterocycles. The number of hydrogen-bond acceptors (Lipinski definition) is 1. The fourth-order valence-electron chi connectivity index (χ4n) is 2.61. The summed E-state index contributed by atoms with van der Waals surface area (Å²) in [5, 5.41) is 0. The van der Waals surface area contributed by atoms with Gasteiger partial charge in [0.25, 0.3) is 0 Å². The standard InChI is InChI=1S/C22H15F3O/c1-15(17-11-13-20(14-12-17)22(23,24)25)16-7-9-19(10-8-16)21(26)18-5-3-2-4-6-18/h2-14H,1H2. The quantitative estimate of drug-likeness (QED) is 0.527. The highest BCUT2D eigenvalue weighted by Crippen LogP contribution is 2.31. The molecule has 0 heterocycles. The van der Waals surface area contributed by atoms with Crippen LogP contribution in [0.3, 0.4) is 0 Å². The monoisotopic (exact) mass is 352 g/mol. The average molecular weight is 352 g/mol. The van der Waals surface area contributed by atoms with Crippen LogP contribution in [0.4, 0.5) is 13.2 Å². The lowest BCUT2D eigenvalue weighted by Crippen LogP contribution is -2.04. The van der Waals surface area contributed by atoms with Crippen molar-refractivity contribution in [2.45, 2.75) is 6.18 Å². The summed E-state index contributed by atoms with van der Waals surface area (Å²) < 4.78 is 37.9. The summed E-state index contributed by atoms with van der Waals surface area (Å²) in [7, 11) is 0. The van der Waals surface area contributed by atoms with Crippen LogP contribution in [0.15, 0.2) is 85.4 Å². The molecule has 0 saturated heterocycles. The predicted octanol–water partition coefficient (Wildman–Crippen LogP) is 6.00. The fourth-order valence-corrected chi connectivity index (χ4v) is 2.61. The van der Waals surface area contributed by atoms with Gasteiger partial charge in [0.05, 0.1) is 5.56 Å². The summed E-state index contributed by atoms with van der Waals surface area (Å²) in [5.74, 6) is -0.0858. The number of hydrogen-bond donors (Lipinski definition) is 0. The van der Waals surface area contributed by atoms with Crippen molar-refractivity contribution >= 4 is 11.4 Å². The van der Waals surface area contributed by atoms with E-state index in [4.69, 9.17) is 0 Å². The Morgan fingerprint density at radius 3 is 1.58 bits per heavy atom. The summed E-state index contributed by atoms with van der Waals surface area (Å²) in [6.45, 7) is 3.95. The maximum atomic E-state index is 12.6. The van der Waals surface area contributed by atoms with Gasteiger partial charge in [-0.25, -0.2) is 0 Å². The highest BCUT2D eigenvalue weighted by molar-refractivity contribution is 6.09. The van der Waals surface area contributed by atoms with Crippen LogP contribution in [0.2, 0.25) is 0 Å². The Bertz CT molecular complexity index is 922. The van der Waals surface area contributed by atoms with Crippen molar-refractivity contribution in [1.82, 2.24) is 0 Å². The van der Waals surface area contributed by atoms with Crippen LogP contribution in [0.25, 0.3) is 5.57 Å². The zero-order valence-corrected chi connectivity index (χ0v) is 13.8. The van der Waals surface area contributed by atoms with E-state index in [9.17, 15) is 18.0 Å². The lowest BCUT2D eigenvalue weighted by molar-refractivity contribution is -0.137. The first-order valence-electron chi connectivity index (χ1n) is 7.93. The minimum absolute atomic E-state index is 0.0858. The molecule has 26 heavy (non-hydrogen) atoms. The van der Waals surface area contributed by atoms with Gasteiger partial charge in [0, 0.05) is 11.1 Å². The van der Waals surface area contributed by atoms with Crippen LogP contribution >= 0.6 is 0 Å². The van der Waals surface area contributed by atoms with E-state index in [1.54, 1.807) is 48.5 Å². The van der Waals surface area contributed by atoms with Crippen LogP contribution in [0, 0.1) is 0 Å².